The average Bonchev–Trinajstić information content (AvgIpc) is 2.32. The molecule has 19 heavy (non-hydrogen) atoms. The highest BCUT2D eigenvalue weighted by Gasteiger charge is 2.16. The molecular weight excluding hydrogens is 360 g/mol. The number of sulfonamides is 1. The highest BCUT2D eigenvalue weighted by Crippen LogP contribution is 2.24. The number of nitrogens with zero attached hydrogens (tertiary/aromatic N) is 1. The molecule has 1 aromatic rings. The molecule has 6 nitrogen and oxygen atoms in total. The Labute approximate surface area is 124 Å². The first-order valence-corrected chi connectivity index (χ1v) is 8.13. The minimum atomic E-state index is -3.68. The van der Waals surface area contributed by atoms with E-state index in [1.54, 1.807) is 6.92 Å². The second kappa shape index (κ2) is 7.06. The Hall–Kier alpha value is -0.860. The summed E-state index contributed by atoms with van der Waals surface area (Å²) >= 11 is 8.92. The summed E-state index contributed by atoms with van der Waals surface area (Å²) in [5, 5.41) is 0.0305. The Balaban J connectivity index is 2.69. The molecule has 0 aliphatic heterocycles. The molecule has 1 rings (SSSR count). The van der Waals surface area contributed by atoms with Gasteiger partial charge in [-0.25, -0.2) is 13.4 Å². The van der Waals surface area contributed by atoms with Crippen molar-refractivity contribution >= 4 is 49.2 Å². The maximum absolute atomic E-state index is 11.8. The molecule has 1 aromatic heterocycles. The summed E-state index contributed by atoms with van der Waals surface area (Å²) in [6.45, 7) is 1.87. The van der Waals surface area contributed by atoms with Gasteiger partial charge in [0.1, 0.15) is 0 Å². The lowest BCUT2D eigenvalue weighted by Crippen LogP contribution is -2.20. The van der Waals surface area contributed by atoms with Crippen LogP contribution in [-0.2, 0) is 19.6 Å². The Bertz CT molecular complexity index is 565. The van der Waals surface area contributed by atoms with Crippen LogP contribution in [0.5, 0.6) is 0 Å². The molecule has 0 saturated carbocycles. The summed E-state index contributed by atoms with van der Waals surface area (Å²) in [4.78, 5) is 14.9. The van der Waals surface area contributed by atoms with Gasteiger partial charge in [-0.15, -0.1) is 0 Å². The van der Waals surface area contributed by atoms with Gasteiger partial charge in [-0.05, 0) is 28.9 Å². The van der Waals surface area contributed by atoms with Crippen LogP contribution in [0.2, 0.25) is 5.15 Å². The molecule has 9 heteroatoms. The largest absolute Gasteiger partial charge is 0.466 e. The Morgan fingerprint density at radius 1 is 1.58 bits per heavy atom. The predicted molar refractivity (Wildman–Crippen MR) is 75.6 cm³/mol. The summed E-state index contributed by atoms with van der Waals surface area (Å²) in [6, 6.07) is 1.48. The molecule has 0 radical (unpaired) electrons. The molecule has 0 bridgehead atoms. The zero-order chi connectivity index (χ0) is 14.5. The SMILES string of the molecule is CCOC(=O)CCS(=O)(=O)Nc1cc(Br)cnc1Cl. The van der Waals surface area contributed by atoms with Gasteiger partial charge in [0, 0.05) is 10.7 Å². The fourth-order valence-electron chi connectivity index (χ4n) is 1.16. The van der Waals surface area contributed by atoms with Gasteiger partial charge < -0.3 is 4.74 Å². The van der Waals surface area contributed by atoms with Crippen molar-refractivity contribution in [3.05, 3.63) is 21.9 Å². The molecule has 0 atom stereocenters. The average molecular weight is 372 g/mol. The second-order valence-corrected chi connectivity index (χ2v) is 6.58. The number of nitrogens with one attached hydrogen (secondary N) is 1. The quantitative estimate of drug-likeness (QED) is 0.612. The molecule has 0 amide bonds. The highest BCUT2D eigenvalue weighted by molar-refractivity contribution is 9.10. The van der Waals surface area contributed by atoms with Crippen molar-refractivity contribution in [3.8, 4) is 0 Å². The van der Waals surface area contributed by atoms with E-state index in [2.05, 4.69) is 30.4 Å². The molecule has 0 aliphatic carbocycles. The third kappa shape index (κ3) is 5.75. The predicted octanol–water partition coefficient (Wildman–Crippen LogP) is 2.19. The van der Waals surface area contributed by atoms with E-state index in [1.807, 2.05) is 0 Å². The van der Waals surface area contributed by atoms with Crippen LogP contribution in [0.1, 0.15) is 13.3 Å². The van der Waals surface area contributed by atoms with E-state index < -0.39 is 16.0 Å². The summed E-state index contributed by atoms with van der Waals surface area (Å²) < 4.78 is 31.0. The summed E-state index contributed by atoms with van der Waals surface area (Å²) in [5.41, 5.74) is 0.153. The molecule has 1 N–H and O–H groups in total. The number of pyridine rings is 1. The molecule has 0 saturated heterocycles. The zero-order valence-corrected chi connectivity index (χ0v) is 13.2. The van der Waals surface area contributed by atoms with E-state index >= 15 is 0 Å². The van der Waals surface area contributed by atoms with E-state index in [4.69, 9.17) is 11.6 Å². The van der Waals surface area contributed by atoms with E-state index in [0.29, 0.717) is 4.47 Å². The van der Waals surface area contributed by atoms with Crippen LogP contribution in [0.3, 0.4) is 0 Å². The van der Waals surface area contributed by atoms with Gasteiger partial charge >= 0.3 is 5.97 Å². The molecule has 106 valence electrons. The van der Waals surface area contributed by atoms with Crippen molar-refractivity contribution in [3.63, 3.8) is 0 Å². The van der Waals surface area contributed by atoms with Crippen molar-refractivity contribution in [2.75, 3.05) is 17.1 Å². The molecular formula is C10H12BrClN2O4S. The van der Waals surface area contributed by atoms with Gasteiger partial charge in [0.15, 0.2) is 5.15 Å². The lowest BCUT2D eigenvalue weighted by molar-refractivity contribution is -0.142. The molecule has 0 unspecified atom stereocenters. The van der Waals surface area contributed by atoms with Crippen molar-refractivity contribution in [2.24, 2.45) is 0 Å². The minimum Gasteiger partial charge on any atom is -0.466 e. The van der Waals surface area contributed by atoms with Gasteiger partial charge in [-0.3, -0.25) is 9.52 Å². The van der Waals surface area contributed by atoms with Crippen LogP contribution in [0.15, 0.2) is 16.7 Å². The maximum Gasteiger partial charge on any atom is 0.306 e. The fourth-order valence-corrected chi connectivity index (χ4v) is 2.73. The monoisotopic (exact) mass is 370 g/mol. The third-order valence-electron chi connectivity index (χ3n) is 1.95. The van der Waals surface area contributed by atoms with Crippen LogP contribution in [0.25, 0.3) is 0 Å². The van der Waals surface area contributed by atoms with E-state index in [1.165, 1.54) is 12.3 Å². The number of rotatable bonds is 6. The fraction of sp³-hybridized carbons (Fsp3) is 0.400. The number of carbonyl (C=O) groups is 1. The van der Waals surface area contributed by atoms with Crippen molar-refractivity contribution in [1.82, 2.24) is 4.98 Å². The number of hydrogen-bond donors (Lipinski definition) is 1. The number of halogens is 2. The van der Waals surface area contributed by atoms with Crippen molar-refractivity contribution in [2.45, 2.75) is 13.3 Å². The van der Waals surface area contributed by atoms with Gasteiger partial charge in [0.2, 0.25) is 10.0 Å². The molecule has 0 fully saturated rings. The minimum absolute atomic E-state index is 0.0305. The molecule has 1 heterocycles. The van der Waals surface area contributed by atoms with Gasteiger partial charge in [0.05, 0.1) is 24.5 Å². The number of carbonyl (C=O) groups excluding carboxylic acids is 1. The topological polar surface area (TPSA) is 85.4 Å². The first kappa shape index (κ1) is 16.2. The number of esters is 1. The number of aromatic nitrogens is 1. The first-order chi connectivity index (χ1) is 8.84. The lowest BCUT2D eigenvalue weighted by Gasteiger charge is -2.09. The third-order valence-corrected chi connectivity index (χ3v) is 3.96. The van der Waals surface area contributed by atoms with Crippen molar-refractivity contribution < 1.29 is 17.9 Å². The van der Waals surface area contributed by atoms with Crippen molar-refractivity contribution in [1.29, 1.82) is 0 Å². The van der Waals surface area contributed by atoms with Crippen LogP contribution >= 0.6 is 27.5 Å². The van der Waals surface area contributed by atoms with Crippen LogP contribution in [0.4, 0.5) is 5.69 Å². The number of hydrogen-bond acceptors (Lipinski definition) is 5. The van der Waals surface area contributed by atoms with E-state index in [-0.39, 0.29) is 29.6 Å². The maximum atomic E-state index is 11.8. The van der Waals surface area contributed by atoms with Gasteiger partial charge in [-0.1, -0.05) is 11.6 Å². The Morgan fingerprint density at radius 2 is 2.26 bits per heavy atom. The van der Waals surface area contributed by atoms with E-state index in [9.17, 15) is 13.2 Å². The molecule has 0 aliphatic rings. The molecule has 0 spiro atoms. The van der Waals surface area contributed by atoms with Crippen LogP contribution in [-0.4, -0.2) is 31.7 Å². The Kier molecular flexibility index (Phi) is 6.02. The lowest BCUT2D eigenvalue weighted by atomic mass is 10.4. The van der Waals surface area contributed by atoms with E-state index in [0.717, 1.165) is 0 Å². The van der Waals surface area contributed by atoms with Gasteiger partial charge in [-0.2, -0.15) is 0 Å². The standard InChI is InChI=1S/C10H12BrClN2O4S/c1-2-18-9(15)3-4-19(16,17)14-8-5-7(11)6-13-10(8)12/h5-6,14H,2-4H2,1H3. The summed E-state index contributed by atoms with van der Waals surface area (Å²) in [7, 11) is -3.68. The second-order valence-electron chi connectivity index (χ2n) is 3.47. The number of anilines is 1. The zero-order valence-electron chi connectivity index (χ0n) is 10.0. The van der Waals surface area contributed by atoms with Crippen LogP contribution in [0, 0.1) is 0 Å². The summed E-state index contributed by atoms with van der Waals surface area (Å²) in [5.74, 6) is -0.944. The number of ether oxygens (including phenoxy) is 1. The van der Waals surface area contributed by atoms with Crippen LogP contribution < -0.4 is 4.72 Å². The molecule has 0 aromatic carbocycles. The Morgan fingerprint density at radius 3 is 2.89 bits per heavy atom. The van der Waals surface area contributed by atoms with Gasteiger partial charge in [0.25, 0.3) is 0 Å². The normalized spacial score (nSPS) is 11.1. The first-order valence-electron chi connectivity index (χ1n) is 5.31. The summed E-state index contributed by atoms with van der Waals surface area (Å²) in [6.07, 6.45) is 1.22. The smallest absolute Gasteiger partial charge is 0.306 e. The highest BCUT2D eigenvalue weighted by atomic mass is 79.9.